The molecule has 18 nitrogen and oxygen atoms in total. The maximum absolute atomic E-state index is 13.2. The summed E-state index contributed by atoms with van der Waals surface area (Å²) in [5.41, 5.74) is 14.9. The van der Waals surface area contributed by atoms with Crippen molar-refractivity contribution in [3.8, 4) is 11.5 Å². The molecule has 0 unspecified atom stereocenters. The number of hydrogen-bond donors (Lipinski definition) is 6. The number of fused-ring (bicyclic) bond motifs is 2. The summed E-state index contributed by atoms with van der Waals surface area (Å²) < 4.78 is 6.55. The second kappa shape index (κ2) is 17.7. The van der Waals surface area contributed by atoms with Gasteiger partial charge in [0.05, 0.1) is 22.4 Å². The standard InChI is InChI=1S/C28H30N10O5.C7H10N2O.C2H6/c1-4-38-19(9-14(2)35-38)26(43)34-28-33-18-11-16(25(30)42)13-21(40)23(18)37(28)8-6-5-7-36-22-17(32-27(36)31-3)10-15(24(29)41)12-20(22)39;1-3-9-7(5-10)4-6(2)8-9;1-2/h5-6,9-13,39-40H,4,7-8H2,1-3H3,(H2,29,41)(H2,30,42)(H,31,32)(H,33,34,43);4-5H,3H2,1-2H3;1-2H3/b6-5+;;. The van der Waals surface area contributed by atoms with Crippen LogP contribution in [0.4, 0.5) is 11.9 Å². The minimum atomic E-state index is -0.737. The number of hydrogen-bond acceptors (Lipinski definition) is 11. The first kappa shape index (κ1) is 40.8. The number of aromatic hydroxyl groups is 2. The van der Waals surface area contributed by atoms with Crippen LogP contribution in [-0.2, 0) is 26.2 Å². The van der Waals surface area contributed by atoms with Crippen LogP contribution in [-0.4, -0.2) is 79.9 Å². The van der Waals surface area contributed by atoms with Gasteiger partial charge in [0.25, 0.3) is 5.91 Å². The van der Waals surface area contributed by atoms with Gasteiger partial charge < -0.3 is 36.1 Å². The quantitative estimate of drug-likeness (QED) is 0.0765. The molecular weight excluding hydrogens is 708 g/mol. The molecule has 0 aliphatic rings. The predicted octanol–water partition coefficient (Wildman–Crippen LogP) is 4.12. The van der Waals surface area contributed by atoms with E-state index in [1.807, 2.05) is 34.6 Å². The number of amides is 3. The topological polar surface area (TPSA) is 256 Å². The summed E-state index contributed by atoms with van der Waals surface area (Å²) in [4.78, 5) is 55.9. The number of nitrogens with one attached hydrogen (secondary N) is 2. The molecule has 0 atom stereocenters. The number of imidazole rings is 2. The molecule has 4 heterocycles. The van der Waals surface area contributed by atoms with Gasteiger partial charge in [-0.15, -0.1) is 0 Å². The van der Waals surface area contributed by atoms with Crippen molar-refractivity contribution in [1.29, 1.82) is 0 Å². The number of aryl methyl sites for hydroxylation is 4. The summed E-state index contributed by atoms with van der Waals surface area (Å²) in [5, 5.41) is 35.6. The Bertz CT molecular complexity index is 2400. The lowest BCUT2D eigenvalue weighted by Gasteiger charge is -2.10. The van der Waals surface area contributed by atoms with E-state index in [0.29, 0.717) is 40.6 Å². The van der Waals surface area contributed by atoms with Gasteiger partial charge in [-0.25, -0.2) is 9.97 Å². The summed E-state index contributed by atoms with van der Waals surface area (Å²) in [5.74, 6) is -1.70. The highest BCUT2D eigenvalue weighted by molar-refractivity contribution is 6.04. The Hall–Kier alpha value is -6.98. The zero-order valence-corrected chi connectivity index (χ0v) is 31.8. The van der Waals surface area contributed by atoms with E-state index in [0.717, 1.165) is 18.5 Å². The van der Waals surface area contributed by atoms with Crippen LogP contribution in [0.2, 0.25) is 0 Å². The lowest BCUT2D eigenvalue weighted by molar-refractivity contribution is 0.0991. The van der Waals surface area contributed by atoms with E-state index in [1.54, 1.807) is 56.8 Å². The Morgan fingerprint density at radius 2 is 1.22 bits per heavy atom. The second-order valence-corrected chi connectivity index (χ2v) is 11.9. The van der Waals surface area contributed by atoms with Crippen LogP contribution in [0.3, 0.4) is 0 Å². The van der Waals surface area contributed by atoms with Crippen LogP contribution in [0.5, 0.6) is 11.5 Å². The molecule has 0 saturated carbocycles. The van der Waals surface area contributed by atoms with Gasteiger partial charge in [-0.05, 0) is 64.1 Å². The highest BCUT2D eigenvalue weighted by atomic mass is 16.3. The number of carbonyl (C=O) groups excluding carboxylic acids is 4. The van der Waals surface area contributed by atoms with Crippen molar-refractivity contribution in [3.05, 3.63) is 82.5 Å². The van der Waals surface area contributed by atoms with Crippen molar-refractivity contribution in [3.63, 3.8) is 0 Å². The number of allylic oxidation sites excluding steroid dienone is 2. The summed E-state index contributed by atoms with van der Waals surface area (Å²) in [6.45, 7) is 13.1. The van der Waals surface area contributed by atoms with E-state index in [9.17, 15) is 29.4 Å². The lowest BCUT2D eigenvalue weighted by atomic mass is 10.1. The molecule has 3 amide bonds. The van der Waals surface area contributed by atoms with E-state index in [-0.39, 0.29) is 52.7 Å². The molecule has 0 saturated heterocycles. The number of primary amides is 2. The van der Waals surface area contributed by atoms with E-state index in [4.69, 9.17) is 11.5 Å². The zero-order chi connectivity index (χ0) is 40.6. The normalized spacial score (nSPS) is 10.9. The van der Waals surface area contributed by atoms with Crippen LogP contribution in [0.25, 0.3) is 22.1 Å². The fourth-order valence-electron chi connectivity index (χ4n) is 5.83. The molecule has 4 aromatic heterocycles. The molecule has 0 aliphatic heterocycles. The fourth-order valence-corrected chi connectivity index (χ4v) is 5.83. The van der Waals surface area contributed by atoms with Gasteiger partial charge in [-0.3, -0.25) is 33.9 Å². The molecule has 6 rings (SSSR count). The predicted molar refractivity (Wildman–Crippen MR) is 208 cm³/mol. The van der Waals surface area contributed by atoms with Crippen molar-refractivity contribution in [2.45, 2.75) is 67.7 Å². The molecule has 0 bridgehead atoms. The molecule has 0 radical (unpaired) electrons. The second-order valence-electron chi connectivity index (χ2n) is 11.9. The van der Waals surface area contributed by atoms with Gasteiger partial charge in [-0.1, -0.05) is 26.0 Å². The van der Waals surface area contributed by atoms with E-state index < -0.39 is 17.7 Å². The average Bonchev–Trinajstić information content (AvgIpc) is 3.93. The monoisotopic (exact) mass is 754 g/mol. The lowest BCUT2D eigenvalue weighted by Crippen LogP contribution is -2.19. The Kier molecular flexibility index (Phi) is 13.1. The van der Waals surface area contributed by atoms with Crippen molar-refractivity contribution in [2.24, 2.45) is 11.5 Å². The third-order valence-corrected chi connectivity index (χ3v) is 8.19. The molecule has 18 heteroatoms. The molecule has 0 fully saturated rings. The van der Waals surface area contributed by atoms with Crippen molar-refractivity contribution >= 4 is 58.0 Å². The number of nitrogens with zero attached hydrogens (tertiary/aromatic N) is 8. The molecule has 8 N–H and O–H groups in total. The van der Waals surface area contributed by atoms with Gasteiger partial charge in [-0.2, -0.15) is 10.2 Å². The van der Waals surface area contributed by atoms with E-state index in [1.165, 1.54) is 24.3 Å². The smallest absolute Gasteiger partial charge is 0.276 e. The molecular formula is C37H46N12O6. The van der Waals surface area contributed by atoms with Gasteiger partial charge in [0.1, 0.15) is 33.9 Å². The molecule has 55 heavy (non-hydrogen) atoms. The van der Waals surface area contributed by atoms with Crippen molar-refractivity contribution in [2.75, 3.05) is 17.7 Å². The van der Waals surface area contributed by atoms with E-state index in [2.05, 4.69) is 30.8 Å². The highest BCUT2D eigenvalue weighted by Crippen LogP contribution is 2.31. The fraction of sp³-hybridized carbons (Fsp3) is 0.297. The van der Waals surface area contributed by atoms with Crippen molar-refractivity contribution in [1.82, 2.24) is 38.7 Å². The first-order valence-corrected chi connectivity index (χ1v) is 17.5. The number of aldehydes is 1. The largest absolute Gasteiger partial charge is 0.506 e. The minimum Gasteiger partial charge on any atom is -0.506 e. The minimum absolute atomic E-state index is 0.0636. The SMILES string of the molecule is CC.CCn1nc(C)cc1C(=O)Nc1nc2cc(C(N)=O)cc(O)c2n1C/C=C/Cn1c(NC)nc2cc(C(N)=O)cc(O)c21.CCn1nc(C)cc1C=O. The first-order chi connectivity index (χ1) is 26.3. The third-order valence-electron chi connectivity index (χ3n) is 8.19. The van der Waals surface area contributed by atoms with Crippen LogP contribution in [0.1, 0.15) is 80.8 Å². The Morgan fingerprint density at radius 3 is 1.67 bits per heavy atom. The van der Waals surface area contributed by atoms with Gasteiger partial charge in [0.15, 0.2) is 6.29 Å². The Morgan fingerprint density at radius 1 is 0.745 bits per heavy atom. The highest BCUT2D eigenvalue weighted by Gasteiger charge is 2.21. The summed E-state index contributed by atoms with van der Waals surface area (Å²) in [7, 11) is 1.68. The molecule has 2 aromatic carbocycles. The third kappa shape index (κ3) is 8.81. The maximum Gasteiger partial charge on any atom is 0.276 e. The first-order valence-electron chi connectivity index (χ1n) is 17.5. The van der Waals surface area contributed by atoms with E-state index >= 15 is 0 Å². The van der Waals surface area contributed by atoms with Crippen LogP contribution in [0, 0.1) is 13.8 Å². The number of benzene rings is 2. The molecule has 6 aromatic rings. The van der Waals surface area contributed by atoms with Gasteiger partial charge in [0.2, 0.25) is 23.7 Å². The Labute approximate surface area is 316 Å². The Balaban J connectivity index is 0.000000482. The summed E-state index contributed by atoms with van der Waals surface area (Å²) >= 11 is 0. The van der Waals surface area contributed by atoms with Crippen LogP contribution >= 0.6 is 0 Å². The number of anilines is 2. The van der Waals surface area contributed by atoms with Crippen LogP contribution < -0.4 is 22.1 Å². The number of rotatable bonds is 12. The zero-order valence-electron chi connectivity index (χ0n) is 31.8. The van der Waals surface area contributed by atoms with Gasteiger partial charge in [0, 0.05) is 44.4 Å². The number of phenolic OH excluding ortho intramolecular Hbond substituents is 2. The average molecular weight is 755 g/mol. The molecule has 0 spiro atoms. The number of phenols is 2. The number of aromatic nitrogens is 8. The summed E-state index contributed by atoms with van der Waals surface area (Å²) in [6.07, 6.45) is 4.40. The van der Waals surface area contributed by atoms with Gasteiger partial charge >= 0.3 is 0 Å². The molecule has 290 valence electrons. The number of nitrogens with two attached hydrogens (primary N) is 2. The summed E-state index contributed by atoms with van der Waals surface area (Å²) in [6, 6.07) is 8.90. The molecule has 0 aliphatic carbocycles. The maximum atomic E-state index is 13.2. The van der Waals surface area contributed by atoms with Crippen molar-refractivity contribution < 1.29 is 29.4 Å². The number of carbonyl (C=O) groups is 4. The van der Waals surface area contributed by atoms with Crippen LogP contribution in [0.15, 0.2) is 48.6 Å².